The maximum Gasteiger partial charge on any atom is 0.443 e. The molecular weight excluding hydrogens is 343 g/mol. The van der Waals surface area contributed by atoms with E-state index in [4.69, 9.17) is 0 Å². The highest BCUT2D eigenvalue weighted by atomic mass is 19.4. The lowest BCUT2D eigenvalue weighted by Gasteiger charge is -2.20. The molecule has 0 spiro atoms. The minimum atomic E-state index is -6.66. The summed E-state index contributed by atoms with van der Waals surface area (Å²) in [5.74, 6) is -4.33. The van der Waals surface area contributed by atoms with Crippen molar-refractivity contribution in [3.05, 3.63) is 23.0 Å². The van der Waals surface area contributed by atoms with Crippen molar-refractivity contribution in [2.24, 2.45) is 0 Å². The van der Waals surface area contributed by atoms with Crippen LogP contribution in [0.1, 0.15) is 0 Å². The number of halogens is 13. The Balaban J connectivity index is 6.60. The average Bonchev–Trinajstić information content (AvgIpc) is 2.08. The Morgan fingerprint density at radius 1 is 0.571 bits per heavy atom. The molecule has 0 saturated heterocycles. The molecule has 0 N–H and O–H groups in total. The van der Waals surface area contributed by atoms with Crippen LogP contribution in [0, 0.1) is 0 Å². The molecular formula is C8HF13. The highest BCUT2D eigenvalue weighted by molar-refractivity contribution is 5.42. The molecule has 21 heavy (non-hydrogen) atoms. The van der Waals surface area contributed by atoms with Crippen LogP contribution in [0.25, 0.3) is 0 Å². The van der Waals surface area contributed by atoms with Crippen LogP contribution in [-0.2, 0) is 0 Å². The van der Waals surface area contributed by atoms with Crippen LogP contribution in [0.2, 0.25) is 0 Å². The zero-order valence-electron chi connectivity index (χ0n) is 8.99. The van der Waals surface area contributed by atoms with Crippen molar-refractivity contribution in [3.63, 3.8) is 0 Å². The lowest BCUT2D eigenvalue weighted by molar-refractivity contribution is -0.140. The van der Waals surface area contributed by atoms with Crippen molar-refractivity contribution >= 4 is 0 Å². The van der Waals surface area contributed by atoms with E-state index in [-0.39, 0.29) is 0 Å². The van der Waals surface area contributed by atoms with E-state index in [1.807, 2.05) is 0 Å². The van der Waals surface area contributed by atoms with Crippen LogP contribution in [-0.4, -0.2) is 24.7 Å². The minimum absolute atomic E-state index is 2.10. The van der Waals surface area contributed by atoms with Crippen molar-refractivity contribution in [2.75, 3.05) is 0 Å². The van der Waals surface area contributed by atoms with Gasteiger partial charge in [0.15, 0.2) is 0 Å². The van der Waals surface area contributed by atoms with E-state index in [1.165, 1.54) is 0 Å². The Bertz CT molecular complexity index is 435. The SMILES string of the molecule is F/C(=C(\C(=C\C(F)(F)F)C(F)(F)F)C(F)(F)F)C(F)(F)F. The quantitative estimate of drug-likeness (QED) is 0.442. The van der Waals surface area contributed by atoms with Gasteiger partial charge < -0.3 is 0 Å². The van der Waals surface area contributed by atoms with E-state index in [1.54, 1.807) is 0 Å². The van der Waals surface area contributed by atoms with E-state index in [0.717, 1.165) is 0 Å². The first-order valence-corrected chi connectivity index (χ1v) is 4.28. The average molecular weight is 344 g/mol. The normalized spacial score (nSPS) is 16.9. The molecule has 0 aliphatic heterocycles. The second kappa shape index (κ2) is 5.40. The van der Waals surface area contributed by atoms with Crippen LogP contribution < -0.4 is 0 Å². The van der Waals surface area contributed by atoms with Gasteiger partial charge in [-0.3, -0.25) is 0 Å². The highest BCUT2D eigenvalue weighted by Crippen LogP contribution is 2.46. The number of rotatable bonds is 1. The smallest absolute Gasteiger partial charge is 0.201 e. The molecule has 0 heterocycles. The molecule has 124 valence electrons. The Morgan fingerprint density at radius 2 is 0.952 bits per heavy atom. The molecule has 0 aromatic rings. The highest BCUT2D eigenvalue weighted by Gasteiger charge is 2.54. The first kappa shape index (κ1) is 19.6. The summed E-state index contributed by atoms with van der Waals surface area (Å²) in [6.45, 7) is 0. The molecule has 0 fully saturated rings. The summed E-state index contributed by atoms with van der Waals surface area (Å²) in [7, 11) is 0. The van der Waals surface area contributed by atoms with Gasteiger partial charge in [0.25, 0.3) is 0 Å². The number of allylic oxidation sites excluding steroid dienone is 4. The summed E-state index contributed by atoms with van der Waals surface area (Å²) in [4.78, 5) is 0. The first-order valence-electron chi connectivity index (χ1n) is 4.28. The van der Waals surface area contributed by atoms with Gasteiger partial charge >= 0.3 is 24.7 Å². The van der Waals surface area contributed by atoms with Crippen LogP contribution in [0.5, 0.6) is 0 Å². The summed E-state index contributed by atoms with van der Waals surface area (Å²) < 4.78 is 156. The minimum Gasteiger partial charge on any atom is -0.201 e. The van der Waals surface area contributed by atoms with E-state index < -0.39 is 47.8 Å². The maximum absolute atomic E-state index is 12.6. The Labute approximate surface area is 106 Å². The van der Waals surface area contributed by atoms with Gasteiger partial charge in [-0.1, -0.05) is 0 Å². The van der Waals surface area contributed by atoms with Gasteiger partial charge in [0.05, 0.1) is 5.57 Å². The first-order chi connectivity index (χ1) is 8.87. The Hall–Kier alpha value is -1.43. The summed E-state index contributed by atoms with van der Waals surface area (Å²) in [5.41, 5.74) is -7.93. The Kier molecular flexibility index (Phi) is 5.04. The van der Waals surface area contributed by atoms with Crippen LogP contribution in [0.4, 0.5) is 57.1 Å². The van der Waals surface area contributed by atoms with Gasteiger partial charge in [-0.05, 0) is 0 Å². The molecule has 0 radical (unpaired) electrons. The fourth-order valence-electron chi connectivity index (χ4n) is 0.997. The zero-order valence-corrected chi connectivity index (χ0v) is 8.99. The van der Waals surface area contributed by atoms with Crippen LogP contribution >= 0.6 is 0 Å². The molecule has 0 unspecified atom stereocenters. The molecule has 0 aliphatic rings. The second-order valence-electron chi connectivity index (χ2n) is 3.28. The third-order valence-corrected chi connectivity index (χ3v) is 1.63. The van der Waals surface area contributed by atoms with Gasteiger partial charge in [-0.25, -0.2) is 4.39 Å². The van der Waals surface area contributed by atoms with Crippen molar-refractivity contribution in [2.45, 2.75) is 24.7 Å². The Morgan fingerprint density at radius 3 is 1.14 bits per heavy atom. The molecule has 0 bridgehead atoms. The predicted octanol–water partition coefficient (Wildman–Crippen LogP) is 5.39. The van der Waals surface area contributed by atoms with Gasteiger partial charge in [0.1, 0.15) is 5.57 Å². The summed E-state index contributed by atoms with van der Waals surface area (Å²) in [6.07, 6.45) is -27.9. The molecule has 0 aromatic carbocycles. The monoisotopic (exact) mass is 344 g/mol. The van der Waals surface area contributed by atoms with E-state index in [0.29, 0.717) is 0 Å². The van der Waals surface area contributed by atoms with Crippen LogP contribution in [0.15, 0.2) is 23.0 Å². The summed E-state index contributed by atoms with van der Waals surface area (Å²) >= 11 is 0. The maximum atomic E-state index is 12.6. The second-order valence-corrected chi connectivity index (χ2v) is 3.28. The van der Waals surface area contributed by atoms with Crippen LogP contribution in [0.3, 0.4) is 0 Å². The molecule has 0 rings (SSSR count). The molecule has 0 aromatic heterocycles. The van der Waals surface area contributed by atoms with E-state index in [9.17, 15) is 57.1 Å². The van der Waals surface area contributed by atoms with E-state index in [2.05, 4.69) is 0 Å². The van der Waals surface area contributed by atoms with Crippen molar-refractivity contribution in [3.8, 4) is 0 Å². The fraction of sp³-hybridized carbons (Fsp3) is 0.500. The lowest BCUT2D eigenvalue weighted by Crippen LogP contribution is -2.29. The number of hydrogen-bond acceptors (Lipinski definition) is 0. The largest absolute Gasteiger partial charge is 0.443 e. The lowest BCUT2D eigenvalue weighted by atomic mass is 10.0. The number of alkyl halides is 12. The van der Waals surface area contributed by atoms with Gasteiger partial charge in [-0.2, -0.15) is 52.7 Å². The zero-order chi connectivity index (χ0) is 17.4. The van der Waals surface area contributed by atoms with E-state index >= 15 is 0 Å². The predicted molar refractivity (Wildman–Crippen MR) is 40.4 cm³/mol. The van der Waals surface area contributed by atoms with Crippen molar-refractivity contribution < 1.29 is 57.1 Å². The number of hydrogen-bond donors (Lipinski definition) is 0. The standard InChI is InChI=1S/C8HF13/c9-4(8(19,20)21)3(7(16,17)18)2(6(13,14)15)1-5(10,11)12/h1H/b2-1-,4-3+. The molecule has 0 saturated carbocycles. The molecule has 13 heteroatoms. The fourth-order valence-corrected chi connectivity index (χ4v) is 0.997. The molecule has 0 amide bonds. The molecule has 0 aliphatic carbocycles. The van der Waals surface area contributed by atoms with Crippen molar-refractivity contribution in [1.29, 1.82) is 0 Å². The topological polar surface area (TPSA) is 0 Å². The third kappa shape index (κ3) is 5.83. The van der Waals surface area contributed by atoms with Crippen molar-refractivity contribution in [1.82, 2.24) is 0 Å². The summed E-state index contributed by atoms with van der Waals surface area (Å²) in [5, 5.41) is 0. The van der Waals surface area contributed by atoms with Gasteiger partial charge in [0, 0.05) is 6.08 Å². The molecule has 0 atom stereocenters. The summed E-state index contributed by atoms with van der Waals surface area (Å²) in [6, 6.07) is 0. The van der Waals surface area contributed by atoms with Gasteiger partial charge in [-0.15, -0.1) is 0 Å². The van der Waals surface area contributed by atoms with Gasteiger partial charge in [0.2, 0.25) is 5.83 Å². The third-order valence-electron chi connectivity index (χ3n) is 1.63. The molecule has 0 nitrogen and oxygen atoms in total.